The van der Waals surface area contributed by atoms with E-state index in [0.717, 1.165) is 11.4 Å². The molecular weight excluding hydrogens is 502 g/mol. The molecule has 7 nitrogen and oxygen atoms in total. The second-order valence-electron chi connectivity index (χ2n) is 12.0. The van der Waals surface area contributed by atoms with Crippen LogP contribution in [0.2, 0.25) is 0 Å². The van der Waals surface area contributed by atoms with E-state index in [1.807, 2.05) is 0 Å². The highest BCUT2D eigenvalue weighted by Gasteiger charge is 2.46. The van der Waals surface area contributed by atoms with Gasteiger partial charge in [-0.3, -0.25) is 9.59 Å². The third kappa shape index (κ3) is 4.77. The molecule has 1 N–H and O–H groups in total. The molecule has 1 aliphatic heterocycles. The molecule has 0 atom stereocenters. The Kier molecular flexibility index (Phi) is 6.29. The van der Waals surface area contributed by atoms with Crippen molar-refractivity contribution in [3.8, 4) is 11.5 Å². The normalized spacial score (nSPS) is 21.0. The minimum absolute atomic E-state index is 0.0175. The number of rotatable bonds is 5. The average Bonchev–Trinajstić information content (AvgIpc) is 2.82. The number of methoxy groups -OCH3 is 1. The lowest BCUT2D eigenvalue weighted by Crippen LogP contribution is -2.42. The van der Waals surface area contributed by atoms with Crippen molar-refractivity contribution in [3.63, 3.8) is 0 Å². The number of benzene rings is 2. The smallest absolute Gasteiger partial charge is 0.339 e. The minimum atomic E-state index is -4.08. The van der Waals surface area contributed by atoms with Gasteiger partial charge in [0.15, 0.2) is 23.1 Å². The van der Waals surface area contributed by atoms with Gasteiger partial charge in [0.25, 0.3) is 0 Å². The molecule has 0 radical (unpaired) electrons. The van der Waals surface area contributed by atoms with Crippen LogP contribution in [-0.2, 0) is 19.7 Å². The van der Waals surface area contributed by atoms with Gasteiger partial charge in [-0.2, -0.15) is 8.42 Å². The van der Waals surface area contributed by atoms with Crippen LogP contribution in [-0.4, -0.2) is 27.1 Å². The Hall–Kier alpha value is -3.39. The van der Waals surface area contributed by atoms with E-state index in [0.29, 0.717) is 42.4 Å². The summed E-state index contributed by atoms with van der Waals surface area (Å²) in [5.74, 6) is -0.281. The van der Waals surface area contributed by atoms with Crippen molar-refractivity contribution in [1.82, 2.24) is 5.32 Å². The van der Waals surface area contributed by atoms with Gasteiger partial charge >= 0.3 is 10.1 Å². The van der Waals surface area contributed by atoms with Crippen molar-refractivity contribution in [2.24, 2.45) is 10.8 Å². The van der Waals surface area contributed by atoms with Gasteiger partial charge in [0.2, 0.25) is 0 Å². The second kappa shape index (κ2) is 9.12. The van der Waals surface area contributed by atoms with E-state index in [4.69, 9.17) is 8.92 Å². The zero-order chi connectivity index (χ0) is 27.5. The monoisotopic (exact) mass is 535 g/mol. The number of nitrogens with one attached hydrogen (secondary N) is 1. The van der Waals surface area contributed by atoms with E-state index in [2.05, 4.69) is 33.0 Å². The quantitative estimate of drug-likeness (QED) is 0.509. The van der Waals surface area contributed by atoms with Crippen molar-refractivity contribution < 1.29 is 26.9 Å². The number of hydrogen-bond acceptors (Lipinski definition) is 7. The van der Waals surface area contributed by atoms with Crippen molar-refractivity contribution >= 4 is 21.7 Å². The topological polar surface area (TPSA) is 98.8 Å². The summed E-state index contributed by atoms with van der Waals surface area (Å²) < 4.78 is 36.7. The third-order valence-electron chi connectivity index (χ3n) is 7.47. The van der Waals surface area contributed by atoms with Crippen LogP contribution in [0, 0.1) is 10.8 Å². The number of ketones is 2. The lowest BCUT2D eigenvalue weighted by Gasteiger charge is -2.44. The molecule has 0 aromatic heterocycles. The molecule has 200 valence electrons. The van der Waals surface area contributed by atoms with E-state index in [1.54, 1.807) is 30.3 Å². The molecule has 3 aliphatic rings. The first-order valence-electron chi connectivity index (χ1n) is 12.8. The molecule has 1 heterocycles. The highest BCUT2D eigenvalue weighted by atomic mass is 32.2. The van der Waals surface area contributed by atoms with Crippen LogP contribution in [0.4, 0.5) is 0 Å². The summed E-state index contributed by atoms with van der Waals surface area (Å²) in [7, 11) is -2.65. The van der Waals surface area contributed by atoms with Crippen LogP contribution in [0.3, 0.4) is 0 Å². The highest BCUT2D eigenvalue weighted by Crippen LogP contribution is 2.51. The Bertz CT molecular complexity index is 1450. The fourth-order valence-corrected chi connectivity index (χ4v) is 6.87. The number of hydrogen-bond donors (Lipinski definition) is 1. The molecule has 2 aliphatic carbocycles. The second-order valence-corrected chi connectivity index (χ2v) is 13.5. The van der Waals surface area contributed by atoms with Crippen LogP contribution in [0.1, 0.15) is 64.9 Å². The van der Waals surface area contributed by atoms with Gasteiger partial charge in [-0.1, -0.05) is 52.0 Å². The van der Waals surface area contributed by atoms with Crippen LogP contribution >= 0.6 is 0 Å². The Balaban J connectivity index is 1.61. The summed E-state index contributed by atoms with van der Waals surface area (Å²) in [4.78, 5) is 27.1. The van der Waals surface area contributed by atoms with E-state index >= 15 is 0 Å². The minimum Gasteiger partial charge on any atom is -0.493 e. The first kappa shape index (κ1) is 26.2. The molecular formula is C30H33NO6S. The first-order valence-corrected chi connectivity index (χ1v) is 14.2. The van der Waals surface area contributed by atoms with Gasteiger partial charge in [-0.15, -0.1) is 0 Å². The maximum atomic E-state index is 13.5. The van der Waals surface area contributed by atoms with Crippen molar-refractivity contribution in [2.45, 2.75) is 64.2 Å². The van der Waals surface area contributed by atoms with Gasteiger partial charge < -0.3 is 14.2 Å². The zero-order valence-corrected chi connectivity index (χ0v) is 23.2. The molecule has 0 saturated carbocycles. The Morgan fingerprint density at radius 3 is 1.87 bits per heavy atom. The van der Waals surface area contributed by atoms with E-state index in [1.165, 1.54) is 25.3 Å². The SMILES string of the molecule is COc1cc(C2C3=C(CC(C)(C)CC3=O)NC3=C2C(=O)CC(C)(C)C3)ccc1OS(=O)(=O)c1ccccc1. The van der Waals surface area contributed by atoms with Crippen molar-refractivity contribution in [1.29, 1.82) is 0 Å². The van der Waals surface area contributed by atoms with Crippen LogP contribution in [0.25, 0.3) is 0 Å². The van der Waals surface area contributed by atoms with Crippen LogP contribution < -0.4 is 14.2 Å². The number of Topliss-reactive ketones (excluding diaryl/α,β-unsaturated/α-hetero) is 2. The molecule has 8 heteroatoms. The molecule has 38 heavy (non-hydrogen) atoms. The van der Waals surface area contributed by atoms with Gasteiger partial charge in [0.05, 0.1) is 7.11 Å². The van der Waals surface area contributed by atoms with Crippen molar-refractivity contribution in [3.05, 3.63) is 76.6 Å². The number of allylic oxidation sites excluding steroid dienone is 4. The third-order valence-corrected chi connectivity index (χ3v) is 8.72. The summed E-state index contributed by atoms with van der Waals surface area (Å²) in [5.41, 5.74) is 3.27. The number of carbonyl (C=O) groups excluding carboxylic acids is 2. The predicted molar refractivity (Wildman–Crippen MR) is 143 cm³/mol. The molecule has 0 amide bonds. The lowest BCUT2D eigenvalue weighted by atomic mass is 9.64. The van der Waals surface area contributed by atoms with E-state index in [9.17, 15) is 18.0 Å². The maximum Gasteiger partial charge on any atom is 0.339 e. The standard InChI is InChI=1S/C30H33NO6S/c1-29(2)14-20-27(22(32)16-29)26(28-21(31-20)15-30(3,4)17-23(28)33)18-11-12-24(25(13-18)36-5)37-38(34,35)19-9-7-6-8-10-19/h6-13,26,31H,14-17H2,1-5H3. The van der Waals surface area contributed by atoms with Gasteiger partial charge in [0, 0.05) is 41.3 Å². The number of carbonyl (C=O) groups is 2. The van der Waals surface area contributed by atoms with Crippen molar-refractivity contribution in [2.75, 3.05) is 7.11 Å². The summed E-state index contributed by atoms with van der Waals surface area (Å²) >= 11 is 0. The Morgan fingerprint density at radius 1 is 0.789 bits per heavy atom. The zero-order valence-electron chi connectivity index (χ0n) is 22.4. The summed E-state index contributed by atoms with van der Waals surface area (Å²) in [6.45, 7) is 8.31. The highest BCUT2D eigenvalue weighted by molar-refractivity contribution is 7.87. The predicted octanol–water partition coefficient (Wildman–Crippen LogP) is 5.44. The van der Waals surface area contributed by atoms with E-state index < -0.39 is 16.0 Å². The fourth-order valence-electron chi connectivity index (χ4n) is 5.91. The lowest BCUT2D eigenvalue weighted by molar-refractivity contribution is -0.119. The summed E-state index contributed by atoms with van der Waals surface area (Å²) in [6, 6.07) is 12.8. The molecule has 0 bridgehead atoms. The van der Waals surface area contributed by atoms with Gasteiger partial charge in [-0.25, -0.2) is 0 Å². The maximum absolute atomic E-state index is 13.5. The van der Waals surface area contributed by atoms with Crippen LogP contribution in [0.5, 0.6) is 11.5 Å². The van der Waals surface area contributed by atoms with Gasteiger partial charge in [0.1, 0.15) is 4.90 Å². The van der Waals surface area contributed by atoms with Gasteiger partial charge in [-0.05, 0) is 53.5 Å². The molecule has 0 spiro atoms. The fraction of sp³-hybridized carbons (Fsp3) is 0.400. The van der Waals surface area contributed by atoms with Crippen LogP contribution in [0.15, 0.2) is 76.0 Å². The largest absolute Gasteiger partial charge is 0.493 e. The molecule has 2 aromatic rings. The van der Waals surface area contributed by atoms with E-state index in [-0.39, 0.29) is 38.8 Å². The summed E-state index contributed by atoms with van der Waals surface area (Å²) in [6.07, 6.45) is 2.17. The Morgan fingerprint density at radius 2 is 1.34 bits per heavy atom. The molecule has 0 saturated heterocycles. The molecule has 0 fully saturated rings. The first-order chi connectivity index (χ1) is 17.8. The molecule has 2 aromatic carbocycles. The Labute approximate surface area is 224 Å². The average molecular weight is 536 g/mol. The number of ether oxygens (including phenoxy) is 1. The summed E-state index contributed by atoms with van der Waals surface area (Å²) in [5, 5.41) is 3.50. The molecule has 0 unspecified atom stereocenters. The molecule has 5 rings (SSSR count). The number of dihydropyridines is 1.